The van der Waals surface area contributed by atoms with Crippen LogP contribution < -0.4 is 11.1 Å². The summed E-state index contributed by atoms with van der Waals surface area (Å²) in [5.41, 5.74) is 5.85. The van der Waals surface area contributed by atoms with E-state index in [0.29, 0.717) is 18.4 Å². The number of benzene rings is 1. The molecule has 0 aromatic heterocycles. The molecule has 0 unspecified atom stereocenters. The maximum atomic E-state index is 12.3. The van der Waals surface area contributed by atoms with Crippen LogP contribution in [0.15, 0.2) is 29.2 Å². The first-order valence-corrected chi connectivity index (χ1v) is 8.79. The van der Waals surface area contributed by atoms with Crippen LogP contribution in [0.25, 0.3) is 0 Å². The first-order valence-electron chi connectivity index (χ1n) is 7.35. The van der Waals surface area contributed by atoms with Gasteiger partial charge in [0, 0.05) is 20.6 Å². The van der Waals surface area contributed by atoms with Crippen molar-refractivity contribution in [2.45, 2.75) is 42.7 Å². The lowest BCUT2D eigenvalue weighted by atomic mass is 9.98. The molecular formula is C15H24ClN3O3S. The van der Waals surface area contributed by atoms with E-state index in [-0.39, 0.29) is 29.8 Å². The lowest BCUT2D eigenvalue weighted by Crippen LogP contribution is -2.51. The molecule has 130 valence electrons. The third kappa shape index (κ3) is 4.23. The maximum absolute atomic E-state index is 12.3. The first-order chi connectivity index (χ1) is 10.3. The average molecular weight is 362 g/mol. The van der Waals surface area contributed by atoms with Crippen molar-refractivity contribution < 1.29 is 13.2 Å². The van der Waals surface area contributed by atoms with Crippen molar-refractivity contribution in [2.24, 2.45) is 5.73 Å². The molecule has 1 aromatic carbocycles. The van der Waals surface area contributed by atoms with Gasteiger partial charge in [-0.3, -0.25) is 4.79 Å². The third-order valence-electron chi connectivity index (χ3n) is 4.12. The van der Waals surface area contributed by atoms with Gasteiger partial charge >= 0.3 is 0 Å². The van der Waals surface area contributed by atoms with E-state index in [2.05, 4.69) is 5.32 Å². The van der Waals surface area contributed by atoms with Crippen molar-refractivity contribution in [2.75, 3.05) is 14.1 Å². The van der Waals surface area contributed by atoms with Crippen LogP contribution in [0.5, 0.6) is 0 Å². The molecule has 1 aliphatic carbocycles. The van der Waals surface area contributed by atoms with Crippen LogP contribution >= 0.6 is 12.4 Å². The summed E-state index contributed by atoms with van der Waals surface area (Å²) >= 11 is 0. The van der Waals surface area contributed by atoms with Gasteiger partial charge in [-0.25, -0.2) is 12.7 Å². The predicted octanol–water partition coefficient (Wildman–Crippen LogP) is 1.25. The largest absolute Gasteiger partial charge is 0.350 e. The van der Waals surface area contributed by atoms with E-state index in [9.17, 15) is 13.2 Å². The van der Waals surface area contributed by atoms with Crippen LogP contribution in [0, 0.1) is 0 Å². The highest BCUT2D eigenvalue weighted by Gasteiger charge is 2.36. The zero-order chi connectivity index (χ0) is 16.4. The minimum atomic E-state index is -3.54. The Bertz CT molecular complexity index is 656. The molecule has 1 aliphatic rings. The highest BCUT2D eigenvalue weighted by Crippen LogP contribution is 2.27. The fourth-order valence-electron chi connectivity index (χ4n) is 2.68. The second kappa shape index (κ2) is 7.61. The molecule has 0 bridgehead atoms. The molecule has 0 spiro atoms. The smallest absolute Gasteiger partial charge is 0.242 e. The van der Waals surface area contributed by atoms with Gasteiger partial charge in [-0.15, -0.1) is 12.4 Å². The molecular weight excluding hydrogens is 338 g/mol. The molecule has 0 radical (unpaired) electrons. The van der Waals surface area contributed by atoms with Crippen LogP contribution in [0.1, 0.15) is 31.2 Å². The Labute approximate surface area is 143 Å². The van der Waals surface area contributed by atoms with Gasteiger partial charge in [0.1, 0.15) is 0 Å². The highest BCUT2D eigenvalue weighted by atomic mass is 35.5. The number of carbonyl (C=O) groups is 1. The zero-order valence-electron chi connectivity index (χ0n) is 13.4. The number of hydrogen-bond donors (Lipinski definition) is 2. The van der Waals surface area contributed by atoms with Crippen LogP contribution in [-0.2, 0) is 21.4 Å². The van der Waals surface area contributed by atoms with Crippen molar-refractivity contribution in [3.8, 4) is 0 Å². The minimum absolute atomic E-state index is 0. The lowest BCUT2D eigenvalue weighted by molar-refractivity contribution is -0.126. The molecule has 0 heterocycles. The molecule has 3 N–H and O–H groups in total. The van der Waals surface area contributed by atoms with Gasteiger partial charge in [0.15, 0.2) is 0 Å². The van der Waals surface area contributed by atoms with Crippen molar-refractivity contribution in [3.63, 3.8) is 0 Å². The fourth-order valence-corrected chi connectivity index (χ4v) is 3.80. The van der Waals surface area contributed by atoms with Crippen molar-refractivity contribution in [1.29, 1.82) is 0 Å². The van der Waals surface area contributed by atoms with Gasteiger partial charge in [-0.2, -0.15) is 0 Å². The number of nitrogens with one attached hydrogen (secondary N) is 1. The Balaban J connectivity index is 0.00000264. The van der Waals surface area contributed by atoms with Crippen LogP contribution in [0.3, 0.4) is 0 Å². The molecule has 1 amide bonds. The summed E-state index contributed by atoms with van der Waals surface area (Å²) in [6.07, 6.45) is 3.26. The second-order valence-corrected chi connectivity index (χ2v) is 8.06. The summed E-state index contributed by atoms with van der Waals surface area (Å²) < 4.78 is 25.8. The number of sulfonamides is 1. The Kier molecular flexibility index (Phi) is 6.59. The first kappa shape index (κ1) is 19.9. The topological polar surface area (TPSA) is 92.5 Å². The summed E-state index contributed by atoms with van der Waals surface area (Å²) in [7, 11) is -0.570. The number of nitrogens with two attached hydrogens (primary N) is 1. The van der Waals surface area contributed by atoms with Gasteiger partial charge in [0.2, 0.25) is 15.9 Å². The molecule has 0 saturated heterocycles. The van der Waals surface area contributed by atoms with Crippen molar-refractivity contribution in [1.82, 2.24) is 9.62 Å². The number of rotatable bonds is 5. The molecule has 2 rings (SSSR count). The van der Waals surface area contributed by atoms with Crippen LogP contribution in [-0.4, -0.2) is 38.3 Å². The SMILES string of the molecule is CN(C)S(=O)(=O)c1ccccc1CNC(=O)C1(N)CCCC1.Cl. The number of carbonyl (C=O) groups excluding carboxylic acids is 1. The Morgan fingerprint density at radius 3 is 2.39 bits per heavy atom. The highest BCUT2D eigenvalue weighted by molar-refractivity contribution is 7.89. The number of nitrogens with zero attached hydrogens (tertiary/aromatic N) is 1. The maximum Gasteiger partial charge on any atom is 0.242 e. The van der Waals surface area contributed by atoms with Gasteiger partial charge in [-0.1, -0.05) is 31.0 Å². The average Bonchev–Trinajstić information content (AvgIpc) is 2.93. The van der Waals surface area contributed by atoms with Crippen molar-refractivity contribution >= 4 is 28.3 Å². The molecule has 1 fully saturated rings. The van der Waals surface area contributed by atoms with Gasteiger partial charge in [0.25, 0.3) is 0 Å². The van der Waals surface area contributed by atoms with E-state index in [1.165, 1.54) is 14.1 Å². The Hall–Kier alpha value is -1.15. The molecule has 0 aliphatic heterocycles. The van der Waals surface area contributed by atoms with E-state index >= 15 is 0 Å². The normalized spacial score (nSPS) is 16.9. The molecule has 1 saturated carbocycles. The lowest BCUT2D eigenvalue weighted by Gasteiger charge is -2.23. The molecule has 0 atom stereocenters. The fraction of sp³-hybridized carbons (Fsp3) is 0.533. The molecule has 8 heteroatoms. The Morgan fingerprint density at radius 2 is 1.83 bits per heavy atom. The van der Waals surface area contributed by atoms with Gasteiger partial charge in [0.05, 0.1) is 10.4 Å². The van der Waals surface area contributed by atoms with E-state index < -0.39 is 15.6 Å². The standard InChI is InChI=1S/C15H23N3O3S.ClH/c1-18(2)22(20,21)13-8-4-3-7-12(13)11-17-14(19)15(16)9-5-6-10-15;/h3-4,7-8H,5-6,9-11,16H2,1-2H3,(H,17,19);1H. The quantitative estimate of drug-likeness (QED) is 0.825. The van der Waals surface area contributed by atoms with E-state index in [1.54, 1.807) is 24.3 Å². The Morgan fingerprint density at radius 1 is 1.26 bits per heavy atom. The van der Waals surface area contributed by atoms with Crippen molar-refractivity contribution in [3.05, 3.63) is 29.8 Å². The summed E-state index contributed by atoms with van der Waals surface area (Å²) in [6, 6.07) is 6.67. The summed E-state index contributed by atoms with van der Waals surface area (Å²) in [6.45, 7) is 0.154. The summed E-state index contributed by atoms with van der Waals surface area (Å²) in [5, 5.41) is 2.79. The molecule has 1 aromatic rings. The predicted molar refractivity (Wildman–Crippen MR) is 91.8 cm³/mol. The summed E-state index contributed by atoms with van der Waals surface area (Å²) in [5.74, 6) is -0.206. The minimum Gasteiger partial charge on any atom is -0.350 e. The van der Waals surface area contributed by atoms with E-state index in [1.807, 2.05) is 0 Å². The van der Waals surface area contributed by atoms with Crippen LogP contribution in [0.2, 0.25) is 0 Å². The zero-order valence-corrected chi connectivity index (χ0v) is 15.0. The number of hydrogen-bond acceptors (Lipinski definition) is 4. The van der Waals surface area contributed by atoms with E-state index in [0.717, 1.165) is 17.1 Å². The summed E-state index contributed by atoms with van der Waals surface area (Å²) in [4.78, 5) is 12.4. The van der Waals surface area contributed by atoms with Gasteiger partial charge in [-0.05, 0) is 24.5 Å². The monoisotopic (exact) mass is 361 g/mol. The molecule has 6 nitrogen and oxygen atoms in total. The van der Waals surface area contributed by atoms with Crippen LogP contribution in [0.4, 0.5) is 0 Å². The molecule has 23 heavy (non-hydrogen) atoms. The third-order valence-corrected chi connectivity index (χ3v) is 6.03. The number of halogens is 1. The number of amides is 1. The van der Waals surface area contributed by atoms with Gasteiger partial charge < -0.3 is 11.1 Å². The van der Waals surface area contributed by atoms with E-state index in [4.69, 9.17) is 5.73 Å². The second-order valence-electron chi connectivity index (χ2n) is 5.94.